The lowest BCUT2D eigenvalue weighted by atomic mass is 9.92. The summed E-state index contributed by atoms with van der Waals surface area (Å²) < 4.78 is 0. The van der Waals surface area contributed by atoms with Crippen LogP contribution >= 0.6 is 0 Å². The first-order valence-corrected chi connectivity index (χ1v) is 10.8. The lowest BCUT2D eigenvalue weighted by molar-refractivity contribution is 0.0952. The second-order valence-electron chi connectivity index (χ2n) is 7.74. The maximum absolute atomic E-state index is 13.2. The number of amides is 2. The molecule has 0 unspecified atom stereocenters. The van der Waals surface area contributed by atoms with Gasteiger partial charge in [-0.2, -0.15) is 0 Å². The molecule has 33 heavy (non-hydrogen) atoms. The zero-order valence-electron chi connectivity index (χ0n) is 18.9. The van der Waals surface area contributed by atoms with Gasteiger partial charge in [0.15, 0.2) is 0 Å². The van der Waals surface area contributed by atoms with Gasteiger partial charge in [0.1, 0.15) is 5.84 Å². The number of nitrogens with two attached hydrogens (primary N) is 1. The van der Waals surface area contributed by atoms with Gasteiger partial charge >= 0.3 is 0 Å². The second kappa shape index (κ2) is 10.4. The van der Waals surface area contributed by atoms with E-state index in [9.17, 15) is 9.59 Å². The Labute approximate surface area is 194 Å². The Kier molecular flexibility index (Phi) is 7.41. The van der Waals surface area contributed by atoms with Crippen molar-refractivity contribution in [3.63, 3.8) is 0 Å². The summed E-state index contributed by atoms with van der Waals surface area (Å²) in [4.78, 5) is 25.5. The fourth-order valence-corrected chi connectivity index (χ4v) is 3.49. The van der Waals surface area contributed by atoms with Crippen molar-refractivity contribution in [3.8, 4) is 11.1 Å². The van der Waals surface area contributed by atoms with Crippen LogP contribution in [0.5, 0.6) is 0 Å². The predicted molar refractivity (Wildman–Crippen MR) is 135 cm³/mol. The molecular weight excluding hydrogens is 412 g/mol. The number of hydrogen-bond donors (Lipinski definition) is 4. The molecule has 6 nitrogen and oxygen atoms in total. The van der Waals surface area contributed by atoms with E-state index in [4.69, 9.17) is 11.1 Å². The Morgan fingerprint density at radius 2 is 1.64 bits per heavy atom. The number of nitrogen functional groups attached to an aromatic ring is 1. The molecule has 3 aromatic carbocycles. The molecule has 3 aromatic rings. The molecule has 0 spiro atoms. The van der Waals surface area contributed by atoms with Crippen LogP contribution in [-0.2, 0) is 0 Å². The number of nitrogens with one attached hydrogen (secondary N) is 3. The van der Waals surface area contributed by atoms with Crippen LogP contribution in [0.3, 0.4) is 0 Å². The van der Waals surface area contributed by atoms with Gasteiger partial charge in [0.2, 0.25) is 0 Å². The Balaban J connectivity index is 1.95. The number of benzene rings is 3. The van der Waals surface area contributed by atoms with Crippen LogP contribution in [0.2, 0.25) is 0 Å². The molecular formula is C27H28N4O2. The van der Waals surface area contributed by atoms with Crippen LogP contribution < -0.4 is 16.4 Å². The molecule has 3 rings (SSSR count). The van der Waals surface area contributed by atoms with Crippen molar-refractivity contribution in [2.75, 3.05) is 11.9 Å². The summed E-state index contributed by atoms with van der Waals surface area (Å²) in [6.07, 6.45) is 2.56. The van der Waals surface area contributed by atoms with Crippen molar-refractivity contribution in [3.05, 3.63) is 95.1 Å². The van der Waals surface area contributed by atoms with Crippen molar-refractivity contribution in [2.24, 2.45) is 5.73 Å². The monoisotopic (exact) mass is 440 g/mol. The molecule has 0 fully saturated rings. The van der Waals surface area contributed by atoms with Crippen LogP contribution in [0.1, 0.15) is 50.8 Å². The molecule has 0 aliphatic carbocycles. The molecule has 6 heteroatoms. The van der Waals surface area contributed by atoms with Crippen LogP contribution in [0.25, 0.3) is 17.2 Å². The summed E-state index contributed by atoms with van der Waals surface area (Å²) in [5.41, 5.74) is 11.1. The van der Waals surface area contributed by atoms with E-state index in [2.05, 4.69) is 17.2 Å². The average Bonchev–Trinajstić information content (AvgIpc) is 2.82. The maximum Gasteiger partial charge on any atom is 0.256 e. The smallest absolute Gasteiger partial charge is 0.256 e. The largest absolute Gasteiger partial charge is 0.384 e. The molecule has 0 aromatic heterocycles. The molecule has 0 bridgehead atoms. The summed E-state index contributed by atoms with van der Waals surface area (Å²) in [7, 11) is 0. The van der Waals surface area contributed by atoms with E-state index in [0.717, 1.165) is 28.7 Å². The first-order chi connectivity index (χ1) is 15.8. The standard InChI is InChI=1S/C27H28N4O2/c1-4-14-30-26(32)20-9-13-22(17(3)15-20)23-12-6-18(5-2)16-24(23)27(33)31-21-10-7-19(8-11-21)25(28)29/h5-13,15-16H,2,4,14H2,1,3H3,(H3,28,29)(H,30,32)(H,31,33). The van der Waals surface area contributed by atoms with E-state index in [-0.39, 0.29) is 17.6 Å². The van der Waals surface area contributed by atoms with Crippen LogP contribution in [0.4, 0.5) is 5.69 Å². The summed E-state index contributed by atoms with van der Waals surface area (Å²) in [6, 6.07) is 17.9. The van der Waals surface area contributed by atoms with Gasteiger partial charge in [-0.3, -0.25) is 15.0 Å². The first-order valence-electron chi connectivity index (χ1n) is 10.8. The summed E-state index contributed by atoms with van der Waals surface area (Å²) in [6.45, 7) is 8.37. The number of hydrogen-bond acceptors (Lipinski definition) is 3. The van der Waals surface area contributed by atoms with Crippen molar-refractivity contribution in [2.45, 2.75) is 20.3 Å². The highest BCUT2D eigenvalue weighted by atomic mass is 16.2. The van der Waals surface area contributed by atoms with E-state index < -0.39 is 0 Å². The van der Waals surface area contributed by atoms with Crippen LogP contribution in [0.15, 0.2) is 67.2 Å². The number of rotatable bonds is 8. The third kappa shape index (κ3) is 5.54. The number of carbonyl (C=O) groups is 2. The molecule has 168 valence electrons. The van der Waals surface area contributed by atoms with Crippen molar-refractivity contribution in [1.82, 2.24) is 5.32 Å². The van der Waals surface area contributed by atoms with Gasteiger partial charge in [-0.15, -0.1) is 0 Å². The van der Waals surface area contributed by atoms with Gasteiger partial charge in [0.25, 0.3) is 11.8 Å². The summed E-state index contributed by atoms with van der Waals surface area (Å²) in [5, 5.41) is 13.3. The highest BCUT2D eigenvalue weighted by Crippen LogP contribution is 2.30. The van der Waals surface area contributed by atoms with E-state index in [1.807, 2.05) is 38.1 Å². The Morgan fingerprint density at radius 3 is 2.24 bits per heavy atom. The Hall–Kier alpha value is -4.19. The molecule has 5 N–H and O–H groups in total. The van der Waals surface area contributed by atoms with Gasteiger partial charge < -0.3 is 16.4 Å². The molecule has 0 saturated carbocycles. The normalized spacial score (nSPS) is 10.4. The lowest BCUT2D eigenvalue weighted by Gasteiger charge is -2.15. The molecule has 0 aliphatic heterocycles. The summed E-state index contributed by atoms with van der Waals surface area (Å²) >= 11 is 0. The predicted octanol–water partition coefficient (Wildman–Crippen LogP) is 4.98. The highest BCUT2D eigenvalue weighted by Gasteiger charge is 2.17. The van der Waals surface area contributed by atoms with Gasteiger partial charge in [0.05, 0.1) is 0 Å². The SMILES string of the molecule is C=Cc1ccc(-c2ccc(C(=O)NCCC)cc2C)c(C(=O)Nc2ccc(C(=N)N)cc2)c1. The van der Waals surface area contributed by atoms with E-state index in [0.29, 0.717) is 28.9 Å². The third-order valence-corrected chi connectivity index (χ3v) is 5.29. The van der Waals surface area contributed by atoms with Gasteiger partial charge in [-0.05, 0) is 78.1 Å². The van der Waals surface area contributed by atoms with E-state index in [1.165, 1.54) is 0 Å². The van der Waals surface area contributed by atoms with Crippen LogP contribution in [-0.4, -0.2) is 24.2 Å². The molecule has 0 radical (unpaired) electrons. The van der Waals surface area contributed by atoms with Gasteiger partial charge in [-0.25, -0.2) is 0 Å². The minimum atomic E-state index is -0.270. The van der Waals surface area contributed by atoms with E-state index in [1.54, 1.807) is 42.5 Å². The molecule has 0 atom stereocenters. The number of carbonyl (C=O) groups excluding carboxylic acids is 2. The fraction of sp³-hybridized carbons (Fsp3) is 0.148. The third-order valence-electron chi connectivity index (χ3n) is 5.29. The van der Waals surface area contributed by atoms with Crippen molar-refractivity contribution in [1.29, 1.82) is 5.41 Å². The maximum atomic E-state index is 13.2. The van der Waals surface area contributed by atoms with E-state index >= 15 is 0 Å². The fourth-order valence-electron chi connectivity index (χ4n) is 3.49. The van der Waals surface area contributed by atoms with Crippen molar-refractivity contribution >= 4 is 29.4 Å². The zero-order valence-corrected chi connectivity index (χ0v) is 18.9. The minimum Gasteiger partial charge on any atom is -0.384 e. The van der Waals surface area contributed by atoms with Gasteiger partial charge in [-0.1, -0.05) is 37.8 Å². The topological polar surface area (TPSA) is 108 Å². The second-order valence-corrected chi connectivity index (χ2v) is 7.74. The minimum absolute atomic E-state index is 0.0313. The molecule has 2 amide bonds. The molecule has 0 saturated heterocycles. The lowest BCUT2D eigenvalue weighted by Crippen LogP contribution is -2.24. The number of anilines is 1. The molecule has 0 heterocycles. The number of aryl methyl sites for hydroxylation is 1. The zero-order chi connectivity index (χ0) is 24.0. The Bertz CT molecular complexity index is 1210. The van der Waals surface area contributed by atoms with Gasteiger partial charge in [0, 0.05) is 28.9 Å². The highest BCUT2D eigenvalue weighted by molar-refractivity contribution is 6.09. The first kappa shape index (κ1) is 23.5. The average molecular weight is 441 g/mol. The number of amidine groups is 1. The van der Waals surface area contributed by atoms with Crippen LogP contribution in [0, 0.1) is 12.3 Å². The quantitative estimate of drug-likeness (QED) is 0.293. The van der Waals surface area contributed by atoms with Crippen molar-refractivity contribution < 1.29 is 9.59 Å². The molecule has 0 aliphatic rings. The summed E-state index contributed by atoms with van der Waals surface area (Å²) in [5.74, 6) is -0.412. The Morgan fingerprint density at radius 1 is 0.970 bits per heavy atom.